The Hall–Kier alpha value is -2.13. The number of hydrogen-bond donors (Lipinski definition) is 2. The summed E-state index contributed by atoms with van der Waals surface area (Å²) in [5.74, 6) is -0.184. The lowest BCUT2D eigenvalue weighted by atomic mass is 10.2. The van der Waals surface area contributed by atoms with Gasteiger partial charge >= 0.3 is 0 Å². The first-order valence-electron chi connectivity index (χ1n) is 10.4. The molecule has 1 aliphatic heterocycles. The van der Waals surface area contributed by atoms with Gasteiger partial charge in [-0.25, -0.2) is 13.1 Å². The molecular formula is C22H29ClN4O3S. The monoisotopic (exact) mass is 464 g/mol. The van der Waals surface area contributed by atoms with Gasteiger partial charge in [0.15, 0.2) is 0 Å². The highest BCUT2D eigenvalue weighted by Gasteiger charge is 2.22. The molecule has 7 nitrogen and oxygen atoms in total. The second kappa shape index (κ2) is 10.9. The van der Waals surface area contributed by atoms with E-state index in [1.807, 2.05) is 6.07 Å². The van der Waals surface area contributed by atoms with E-state index in [4.69, 9.17) is 11.6 Å². The molecule has 1 atom stereocenters. The molecule has 9 heteroatoms. The van der Waals surface area contributed by atoms with E-state index in [2.05, 4.69) is 51.0 Å². The number of benzene rings is 2. The number of amides is 1. The third kappa shape index (κ3) is 6.67. The van der Waals surface area contributed by atoms with Gasteiger partial charge < -0.3 is 10.2 Å². The zero-order chi connectivity index (χ0) is 22.3. The van der Waals surface area contributed by atoms with Gasteiger partial charge in [-0.05, 0) is 31.2 Å². The van der Waals surface area contributed by atoms with Crippen molar-refractivity contribution in [3.05, 3.63) is 59.6 Å². The minimum absolute atomic E-state index is 0.0142. The number of halogens is 1. The van der Waals surface area contributed by atoms with E-state index >= 15 is 0 Å². The quantitative estimate of drug-likeness (QED) is 0.595. The average molecular weight is 465 g/mol. The van der Waals surface area contributed by atoms with E-state index in [1.165, 1.54) is 17.8 Å². The van der Waals surface area contributed by atoms with Gasteiger partial charge in [0.05, 0.1) is 5.02 Å². The number of carbonyl (C=O) groups excluding carboxylic acids is 1. The van der Waals surface area contributed by atoms with E-state index in [0.717, 1.165) is 26.2 Å². The molecule has 3 rings (SSSR count). The maximum absolute atomic E-state index is 12.3. The molecule has 0 bridgehead atoms. The Morgan fingerprint density at radius 3 is 2.35 bits per heavy atom. The largest absolute Gasteiger partial charge is 0.369 e. The normalized spacial score (nSPS) is 16.1. The fraction of sp³-hybridized carbons (Fsp3) is 0.409. The van der Waals surface area contributed by atoms with Crippen molar-refractivity contribution >= 4 is 33.2 Å². The predicted molar refractivity (Wildman–Crippen MR) is 124 cm³/mol. The van der Waals surface area contributed by atoms with Crippen molar-refractivity contribution in [2.75, 3.05) is 44.2 Å². The van der Waals surface area contributed by atoms with Crippen LogP contribution in [0.2, 0.25) is 5.02 Å². The molecule has 1 heterocycles. The smallest absolute Gasteiger partial charge is 0.242 e. The average Bonchev–Trinajstić information content (AvgIpc) is 2.78. The van der Waals surface area contributed by atoms with E-state index in [-0.39, 0.29) is 34.8 Å². The molecule has 2 aromatic carbocycles. The van der Waals surface area contributed by atoms with Gasteiger partial charge in [0.25, 0.3) is 0 Å². The first kappa shape index (κ1) is 23.5. The molecule has 1 amide bonds. The molecular weight excluding hydrogens is 436 g/mol. The van der Waals surface area contributed by atoms with E-state index in [9.17, 15) is 13.2 Å². The van der Waals surface area contributed by atoms with Crippen molar-refractivity contribution in [1.82, 2.24) is 14.9 Å². The molecule has 0 saturated carbocycles. The fourth-order valence-corrected chi connectivity index (χ4v) is 5.13. The van der Waals surface area contributed by atoms with Crippen molar-refractivity contribution in [3.63, 3.8) is 0 Å². The maximum Gasteiger partial charge on any atom is 0.242 e. The minimum atomic E-state index is -3.74. The molecule has 1 saturated heterocycles. The summed E-state index contributed by atoms with van der Waals surface area (Å²) in [5, 5.41) is 3.06. The third-order valence-electron chi connectivity index (χ3n) is 5.42. The van der Waals surface area contributed by atoms with Gasteiger partial charge in [-0.2, -0.15) is 0 Å². The van der Waals surface area contributed by atoms with Gasteiger partial charge in [-0.15, -0.1) is 0 Å². The standard InChI is InChI=1S/C22H29ClN4O3S/c1-18(26-13-15-27(16-14-26)19-7-3-2-4-8-19)17-24-22(28)11-12-25-31(29,30)21-10-6-5-9-20(21)23/h2-10,18,25H,11-17H2,1H3,(H,24,28). The van der Waals surface area contributed by atoms with Crippen molar-refractivity contribution in [2.24, 2.45) is 0 Å². The number of nitrogens with one attached hydrogen (secondary N) is 2. The van der Waals surface area contributed by atoms with Crippen LogP contribution in [0.3, 0.4) is 0 Å². The van der Waals surface area contributed by atoms with Crippen LogP contribution in [-0.4, -0.2) is 64.5 Å². The summed E-state index contributed by atoms with van der Waals surface area (Å²) in [5.41, 5.74) is 1.24. The fourth-order valence-electron chi connectivity index (χ4n) is 3.58. The molecule has 0 spiro atoms. The van der Waals surface area contributed by atoms with E-state index in [1.54, 1.807) is 12.1 Å². The van der Waals surface area contributed by atoms with Crippen LogP contribution < -0.4 is 14.9 Å². The number of sulfonamides is 1. The van der Waals surface area contributed by atoms with Crippen LogP contribution >= 0.6 is 11.6 Å². The zero-order valence-corrected chi connectivity index (χ0v) is 19.2. The number of piperazine rings is 1. The Balaban J connectivity index is 1.36. The zero-order valence-electron chi connectivity index (χ0n) is 17.6. The topological polar surface area (TPSA) is 81.8 Å². The molecule has 0 radical (unpaired) electrons. The minimum Gasteiger partial charge on any atom is -0.369 e. The lowest BCUT2D eigenvalue weighted by molar-refractivity contribution is -0.121. The van der Waals surface area contributed by atoms with Crippen molar-refractivity contribution in [2.45, 2.75) is 24.3 Å². The Morgan fingerprint density at radius 1 is 1.03 bits per heavy atom. The second-order valence-electron chi connectivity index (χ2n) is 7.59. The summed E-state index contributed by atoms with van der Waals surface area (Å²) in [7, 11) is -3.74. The van der Waals surface area contributed by atoms with Crippen LogP contribution in [0.25, 0.3) is 0 Å². The van der Waals surface area contributed by atoms with Crippen molar-refractivity contribution in [3.8, 4) is 0 Å². The molecule has 1 unspecified atom stereocenters. The van der Waals surface area contributed by atoms with Crippen molar-refractivity contribution < 1.29 is 13.2 Å². The van der Waals surface area contributed by atoms with Crippen LogP contribution in [0, 0.1) is 0 Å². The van der Waals surface area contributed by atoms with E-state index < -0.39 is 10.0 Å². The summed E-state index contributed by atoms with van der Waals surface area (Å²) in [6, 6.07) is 16.8. The number of anilines is 1. The molecule has 1 fully saturated rings. The Kier molecular flexibility index (Phi) is 8.31. The van der Waals surface area contributed by atoms with Gasteiger partial charge in [-0.1, -0.05) is 41.9 Å². The molecule has 1 aliphatic rings. The first-order chi connectivity index (χ1) is 14.9. The SMILES string of the molecule is CC(CNC(=O)CCNS(=O)(=O)c1ccccc1Cl)N1CCN(c2ccccc2)CC1. The van der Waals surface area contributed by atoms with Gasteiger partial charge in [-0.3, -0.25) is 9.69 Å². The summed E-state index contributed by atoms with van der Waals surface area (Å²) in [6.45, 7) is 6.41. The highest BCUT2D eigenvalue weighted by atomic mass is 35.5. The first-order valence-corrected chi connectivity index (χ1v) is 12.3. The number of carbonyl (C=O) groups is 1. The second-order valence-corrected chi connectivity index (χ2v) is 9.73. The van der Waals surface area contributed by atoms with Crippen molar-refractivity contribution in [1.29, 1.82) is 0 Å². The van der Waals surface area contributed by atoms with Crippen LogP contribution in [0.1, 0.15) is 13.3 Å². The maximum atomic E-state index is 12.3. The lowest BCUT2D eigenvalue weighted by Crippen LogP contribution is -2.52. The lowest BCUT2D eigenvalue weighted by Gasteiger charge is -2.39. The summed E-state index contributed by atoms with van der Waals surface area (Å²) >= 11 is 5.95. The highest BCUT2D eigenvalue weighted by molar-refractivity contribution is 7.89. The molecule has 31 heavy (non-hydrogen) atoms. The highest BCUT2D eigenvalue weighted by Crippen LogP contribution is 2.20. The molecule has 0 aromatic heterocycles. The summed E-state index contributed by atoms with van der Waals surface area (Å²) < 4.78 is 27.0. The Labute approximate surface area is 189 Å². The molecule has 2 N–H and O–H groups in total. The third-order valence-corrected chi connectivity index (χ3v) is 7.38. The van der Waals surface area contributed by atoms with Crippen LogP contribution in [0.5, 0.6) is 0 Å². The molecule has 168 valence electrons. The van der Waals surface area contributed by atoms with E-state index in [0.29, 0.717) is 6.54 Å². The molecule has 2 aromatic rings. The van der Waals surface area contributed by atoms with Crippen LogP contribution in [0.4, 0.5) is 5.69 Å². The predicted octanol–water partition coefficient (Wildman–Crippen LogP) is 2.34. The van der Waals surface area contributed by atoms with Crippen LogP contribution in [-0.2, 0) is 14.8 Å². The number of nitrogens with zero attached hydrogens (tertiary/aromatic N) is 2. The van der Waals surface area contributed by atoms with Gasteiger partial charge in [0.2, 0.25) is 15.9 Å². The van der Waals surface area contributed by atoms with Gasteiger partial charge in [0.1, 0.15) is 4.90 Å². The summed E-state index contributed by atoms with van der Waals surface area (Å²) in [6.07, 6.45) is 0.0676. The Bertz CT molecular complexity index is 964. The van der Waals surface area contributed by atoms with Gasteiger partial charge in [0, 0.05) is 57.4 Å². The Morgan fingerprint density at radius 2 is 1.68 bits per heavy atom. The molecule has 0 aliphatic carbocycles. The number of rotatable bonds is 9. The summed E-state index contributed by atoms with van der Waals surface area (Å²) in [4.78, 5) is 16.9. The number of hydrogen-bond acceptors (Lipinski definition) is 5. The number of para-hydroxylation sites is 1. The van der Waals surface area contributed by atoms with Crippen LogP contribution in [0.15, 0.2) is 59.5 Å².